The highest BCUT2D eigenvalue weighted by atomic mass is 19.4. The van der Waals surface area contributed by atoms with Crippen LogP contribution >= 0.6 is 0 Å². The number of aliphatic carboxylic acids is 1. The van der Waals surface area contributed by atoms with Gasteiger partial charge >= 0.3 is 18.1 Å². The molecule has 2 N–H and O–H groups in total. The number of nitrogens with one attached hydrogen (secondary N) is 1. The Morgan fingerprint density at radius 2 is 1.95 bits per heavy atom. The van der Waals surface area contributed by atoms with Crippen molar-refractivity contribution >= 4 is 11.9 Å². The van der Waals surface area contributed by atoms with Crippen LogP contribution in [0.5, 0.6) is 5.75 Å². The summed E-state index contributed by atoms with van der Waals surface area (Å²) in [6.07, 6.45) is -5.26. The molecule has 0 fully saturated rings. The van der Waals surface area contributed by atoms with Crippen LogP contribution in [0.4, 0.5) is 17.6 Å². The fourth-order valence-corrected chi connectivity index (χ4v) is 1.42. The van der Waals surface area contributed by atoms with Gasteiger partial charge in [0.25, 0.3) is 0 Å². The number of rotatable bonds is 4. The van der Waals surface area contributed by atoms with Crippen LogP contribution in [-0.4, -0.2) is 30.3 Å². The van der Waals surface area contributed by atoms with Crippen LogP contribution in [0.1, 0.15) is 11.6 Å². The van der Waals surface area contributed by atoms with Gasteiger partial charge in [0.2, 0.25) is 0 Å². The molecule has 110 valence electrons. The molecule has 9 heteroatoms. The Morgan fingerprint density at radius 1 is 1.35 bits per heavy atom. The van der Waals surface area contributed by atoms with E-state index in [0.717, 1.165) is 19.2 Å². The quantitative estimate of drug-likeness (QED) is 0.828. The third-order valence-corrected chi connectivity index (χ3v) is 2.28. The number of carbonyl (C=O) groups is 2. The summed E-state index contributed by atoms with van der Waals surface area (Å²) in [4.78, 5) is 21.8. The van der Waals surface area contributed by atoms with E-state index in [0.29, 0.717) is 6.07 Å². The molecule has 1 unspecified atom stereocenters. The number of hydrogen-bond donors (Lipinski definition) is 2. The van der Waals surface area contributed by atoms with Gasteiger partial charge in [-0.15, -0.1) is 0 Å². The zero-order chi connectivity index (χ0) is 15.5. The van der Waals surface area contributed by atoms with Gasteiger partial charge < -0.3 is 15.2 Å². The molecule has 1 atom stereocenters. The van der Waals surface area contributed by atoms with Crippen molar-refractivity contribution in [3.63, 3.8) is 0 Å². The summed E-state index contributed by atoms with van der Waals surface area (Å²) < 4.78 is 54.3. The molecule has 0 saturated heterocycles. The van der Waals surface area contributed by atoms with E-state index in [1.54, 1.807) is 0 Å². The molecule has 1 rings (SSSR count). The lowest BCUT2D eigenvalue weighted by molar-refractivity contribution is -0.175. The molecule has 20 heavy (non-hydrogen) atoms. The van der Waals surface area contributed by atoms with Gasteiger partial charge in [-0.05, 0) is 18.2 Å². The highest BCUT2D eigenvalue weighted by Gasteiger charge is 2.41. The van der Waals surface area contributed by atoms with E-state index >= 15 is 0 Å². The molecule has 0 aliphatic rings. The number of carbonyl (C=O) groups excluding carboxylic acids is 1. The van der Waals surface area contributed by atoms with Crippen molar-refractivity contribution in [1.82, 2.24) is 5.32 Å². The van der Waals surface area contributed by atoms with Crippen molar-refractivity contribution < 1.29 is 37.0 Å². The number of carboxylic acids is 1. The van der Waals surface area contributed by atoms with E-state index in [1.807, 2.05) is 0 Å². The van der Waals surface area contributed by atoms with Crippen molar-refractivity contribution in [2.75, 3.05) is 7.11 Å². The molecule has 1 aromatic rings. The van der Waals surface area contributed by atoms with Crippen LogP contribution in [0.3, 0.4) is 0 Å². The standard InChI is InChI=1S/C11H9F4NO4/c1-20-7-3-2-5(12)4-6(7)8(9(17)18)16-10(19)11(13,14)15/h2-4,8H,1H3,(H,16,19)(H,17,18). The van der Waals surface area contributed by atoms with Crippen LogP contribution in [0.2, 0.25) is 0 Å². The molecule has 0 aliphatic carbocycles. The van der Waals surface area contributed by atoms with Gasteiger partial charge in [0, 0.05) is 5.56 Å². The zero-order valence-electron chi connectivity index (χ0n) is 9.99. The minimum absolute atomic E-state index is 0.165. The van der Waals surface area contributed by atoms with Crippen LogP contribution in [0.25, 0.3) is 0 Å². The lowest BCUT2D eigenvalue weighted by Crippen LogP contribution is -2.42. The lowest BCUT2D eigenvalue weighted by Gasteiger charge is -2.18. The zero-order valence-corrected chi connectivity index (χ0v) is 9.99. The SMILES string of the molecule is COc1ccc(F)cc1C(NC(=O)C(F)(F)F)C(=O)O. The maximum atomic E-state index is 13.1. The van der Waals surface area contributed by atoms with Gasteiger partial charge in [0.1, 0.15) is 11.6 Å². The number of ether oxygens (including phenoxy) is 1. The van der Waals surface area contributed by atoms with E-state index in [4.69, 9.17) is 9.84 Å². The molecule has 0 bridgehead atoms. The third kappa shape index (κ3) is 3.59. The monoisotopic (exact) mass is 295 g/mol. The second-order valence-corrected chi connectivity index (χ2v) is 3.63. The Bertz CT molecular complexity index is 530. The van der Waals surface area contributed by atoms with Gasteiger partial charge in [-0.1, -0.05) is 0 Å². The number of hydrogen-bond acceptors (Lipinski definition) is 3. The lowest BCUT2D eigenvalue weighted by atomic mass is 10.1. The molecule has 1 aromatic carbocycles. The topological polar surface area (TPSA) is 75.6 Å². The second-order valence-electron chi connectivity index (χ2n) is 3.63. The van der Waals surface area contributed by atoms with Gasteiger partial charge in [-0.2, -0.15) is 13.2 Å². The Morgan fingerprint density at radius 3 is 2.40 bits per heavy atom. The van der Waals surface area contributed by atoms with Crippen molar-refractivity contribution in [2.24, 2.45) is 0 Å². The van der Waals surface area contributed by atoms with Crippen LogP contribution in [0, 0.1) is 5.82 Å². The van der Waals surface area contributed by atoms with Crippen molar-refractivity contribution in [1.29, 1.82) is 0 Å². The van der Waals surface area contributed by atoms with Crippen molar-refractivity contribution in [3.05, 3.63) is 29.6 Å². The van der Waals surface area contributed by atoms with E-state index < -0.39 is 35.5 Å². The Labute approximate surface area is 110 Å². The average molecular weight is 295 g/mol. The molecular formula is C11H9F4NO4. The van der Waals surface area contributed by atoms with Crippen molar-refractivity contribution in [3.8, 4) is 5.75 Å². The van der Waals surface area contributed by atoms with E-state index in [1.165, 1.54) is 5.32 Å². The molecule has 0 aliphatic heterocycles. The Balaban J connectivity index is 3.18. The Hall–Kier alpha value is -2.32. The first-order valence-electron chi connectivity index (χ1n) is 5.10. The minimum Gasteiger partial charge on any atom is -0.496 e. The van der Waals surface area contributed by atoms with E-state index in [-0.39, 0.29) is 5.75 Å². The highest BCUT2D eigenvalue weighted by molar-refractivity contribution is 5.88. The fourth-order valence-electron chi connectivity index (χ4n) is 1.42. The normalized spacial score (nSPS) is 12.7. The first kappa shape index (κ1) is 15.7. The minimum atomic E-state index is -5.26. The van der Waals surface area contributed by atoms with Crippen LogP contribution < -0.4 is 10.1 Å². The van der Waals surface area contributed by atoms with Gasteiger partial charge in [-0.25, -0.2) is 9.18 Å². The number of methoxy groups -OCH3 is 1. The highest BCUT2D eigenvalue weighted by Crippen LogP contribution is 2.27. The number of amides is 1. The Kier molecular flexibility index (Phi) is 4.53. The molecule has 0 spiro atoms. The van der Waals surface area contributed by atoms with Crippen LogP contribution in [0.15, 0.2) is 18.2 Å². The first-order valence-corrected chi connectivity index (χ1v) is 5.10. The first-order chi connectivity index (χ1) is 9.16. The summed E-state index contributed by atoms with van der Waals surface area (Å²) in [5, 5.41) is 10.2. The second kappa shape index (κ2) is 5.76. The smallest absolute Gasteiger partial charge is 0.471 e. The maximum absolute atomic E-state index is 13.1. The van der Waals surface area contributed by atoms with Crippen molar-refractivity contribution in [2.45, 2.75) is 12.2 Å². The van der Waals surface area contributed by atoms with E-state index in [2.05, 4.69) is 0 Å². The summed E-state index contributed by atoms with van der Waals surface area (Å²) >= 11 is 0. The molecule has 5 nitrogen and oxygen atoms in total. The molecule has 0 saturated carbocycles. The average Bonchev–Trinajstić information content (AvgIpc) is 2.33. The number of benzene rings is 1. The number of carboxylic acid groups (broad SMARTS) is 1. The van der Waals surface area contributed by atoms with Gasteiger partial charge in [0.15, 0.2) is 6.04 Å². The third-order valence-electron chi connectivity index (χ3n) is 2.28. The van der Waals surface area contributed by atoms with Crippen LogP contribution in [-0.2, 0) is 9.59 Å². The predicted molar refractivity (Wildman–Crippen MR) is 57.5 cm³/mol. The fraction of sp³-hybridized carbons (Fsp3) is 0.273. The summed E-state index contributed by atoms with van der Waals surface area (Å²) in [5.74, 6) is -5.28. The number of alkyl halides is 3. The summed E-state index contributed by atoms with van der Waals surface area (Å²) in [6.45, 7) is 0. The maximum Gasteiger partial charge on any atom is 0.471 e. The van der Waals surface area contributed by atoms with Gasteiger partial charge in [-0.3, -0.25) is 4.79 Å². The number of halogens is 4. The summed E-state index contributed by atoms with van der Waals surface area (Å²) in [6, 6.07) is 0.566. The molecule has 1 amide bonds. The summed E-state index contributed by atoms with van der Waals surface area (Å²) in [7, 11) is 1.13. The molecule has 0 aromatic heterocycles. The predicted octanol–water partition coefficient (Wildman–Crippen LogP) is 1.64. The molecule has 0 heterocycles. The van der Waals surface area contributed by atoms with E-state index in [9.17, 15) is 27.2 Å². The molecular weight excluding hydrogens is 286 g/mol. The summed E-state index contributed by atoms with van der Waals surface area (Å²) in [5.41, 5.74) is -0.433. The van der Waals surface area contributed by atoms with Gasteiger partial charge in [0.05, 0.1) is 7.11 Å². The molecule has 0 radical (unpaired) electrons. The largest absolute Gasteiger partial charge is 0.496 e.